The normalized spacial score (nSPS) is 10.5. The van der Waals surface area contributed by atoms with Gasteiger partial charge in [-0.1, -0.05) is 35.3 Å². The van der Waals surface area contributed by atoms with Crippen molar-refractivity contribution in [3.63, 3.8) is 0 Å². The summed E-state index contributed by atoms with van der Waals surface area (Å²) in [6.07, 6.45) is 0. The highest BCUT2D eigenvalue weighted by Crippen LogP contribution is 2.31. The fraction of sp³-hybridized carbons (Fsp3) is 0.0909. The molecule has 0 saturated heterocycles. The second kappa shape index (κ2) is 3.68. The molecular weight excluding hydrogens is 217 g/mol. The molecule has 14 heavy (non-hydrogen) atoms. The Bertz CT molecular complexity index is 480. The van der Waals surface area contributed by atoms with E-state index in [1.807, 2.05) is 37.4 Å². The minimum Gasteiger partial charge on any atom is -0.388 e. The zero-order chi connectivity index (χ0) is 10.1. The maximum atomic E-state index is 6.07. The first-order chi connectivity index (χ1) is 6.72. The summed E-state index contributed by atoms with van der Waals surface area (Å²) in [5, 5.41) is 6.36. The summed E-state index contributed by atoms with van der Waals surface area (Å²) in [5.74, 6) is 0. The Morgan fingerprint density at radius 3 is 2.57 bits per heavy atom. The van der Waals surface area contributed by atoms with Gasteiger partial charge in [-0.25, -0.2) is 0 Å². The molecule has 0 aliphatic heterocycles. The second-order valence-corrected chi connectivity index (χ2v) is 3.83. The molecule has 1 nitrogen and oxygen atoms in total. The van der Waals surface area contributed by atoms with Crippen molar-refractivity contribution < 1.29 is 0 Å². The summed E-state index contributed by atoms with van der Waals surface area (Å²) < 4.78 is 0. The monoisotopic (exact) mass is 225 g/mol. The molecule has 0 fully saturated rings. The van der Waals surface area contributed by atoms with Crippen LogP contribution in [0.2, 0.25) is 10.0 Å². The lowest BCUT2D eigenvalue weighted by molar-refractivity contribution is 1.53. The number of rotatable bonds is 1. The van der Waals surface area contributed by atoms with E-state index in [0.29, 0.717) is 10.0 Å². The Balaban J connectivity index is 2.74. The summed E-state index contributed by atoms with van der Waals surface area (Å²) in [5.41, 5.74) is 1.07. The minimum atomic E-state index is 0.594. The van der Waals surface area contributed by atoms with Crippen molar-refractivity contribution >= 4 is 39.7 Å². The van der Waals surface area contributed by atoms with Crippen LogP contribution in [-0.4, -0.2) is 7.05 Å². The molecule has 0 aliphatic rings. The predicted octanol–water partition coefficient (Wildman–Crippen LogP) is 4.19. The molecule has 1 N–H and O–H groups in total. The molecule has 0 spiro atoms. The Kier molecular flexibility index (Phi) is 2.53. The van der Waals surface area contributed by atoms with Crippen LogP contribution in [0.15, 0.2) is 30.3 Å². The number of benzene rings is 2. The lowest BCUT2D eigenvalue weighted by Gasteiger charge is -2.05. The predicted molar refractivity (Wildman–Crippen MR) is 63.5 cm³/mol. The van der Waals surface area contributed by atoms with E-state index in [9.17, 15) is 0 Å². The van der Waals surface area contributed by atoms with Gasteiger partial charge in [-0.15, -0.1) is 0 Å². The van der Waals surface area contributed by atoms with Gasteiger partial charge < -0.3 is 5.32 Å². The summed E-state index contributed by atoms with van der Waals surface area (Å²) in [6, 6.07) is 9.76. The van der Waals surface area contributed by atoms with E-state index >= 15 is 0 Å². The zero-order valence-corrected chi connectivity index (χ0v) is 9.15. The van der Waals surface area contributed by atoms with Crippen molar-refractivity contribution in [3.8, 4) is 0 Å². The number of halogens is 2. The van der Waals surface area contributed by atoms with Crippen LogP contribution in [0.25, 0.3) is 10.8 Å². The molecule has 2 aromatic carbocycles. The van der Waals surface area contributed by atoms with Gasteiger partial charge in [0.2, 0.25) is 0 Å². The highest BCUT2D eigenvalue weighted by Gasteiger charge is 2.03. The van der Waals surface area contributed by atoms with Crippen molar-refractivity contribution in [2.45, 2.75) is 0 Å². The van der Waals surface area contributed by atoms with E-state index in [1.165, 1.54) is 0 Å². The third kappa shape index (κ3) is 1.54. The van der Waals surface area contributed by atoms with Crippen LogP contribution >= 0.6 is 23.2 Å². The highest BCUT2D eigenvalue weighted by atomic mass is 35.5. The Hall–Kier alpha value is -0.920. The van der Waals surface area contributed by atoms with Crippen LogP contribution in [0.5, 0.6) is 0 Å². The molecule has 0 unspecified atom stereocenters. The molecule has 0 saturated carbocycles. The van der Waals surface area contributed by atoms with Crippen molar-refractivity contribution in [1.82, 2.24) is 0 Å². The van der Waals surface area contributed by atoms with Crippen LogP contribution in [0.3, 0.4) is 0 Å². The largest absolute Gasteiger partial charge is 0.388 e. The molecule has 0 radical (unpaired) electrons. The van der Waals surface area contributed by atoms with Crippen LogP contribution in [0.1, 0.15) is 0 Å². The summed E-state index contributed by atoms with van der Waals surface area (Å²) in [6.45, 7) is 0. The molecular formula is C11H9Cl2N. The van der Waals surface area contributed by atoms with Crippen LogP contribution in [-0.2, 0) is 0 Å². The van der Waals surface area contributed by atoms with E-state index in [0.717, 1.165) is 16.5 Å². The number of nitrogens with one attached hydrogen (secondary N) is 1. The van der Waals surface area contributed by atoms with Gasteiger partial charge >= 0.3 is 0 Å². The first-order valence-corrected chi connectivity index (χ1v) is 5.03. The average molecular weight is 226 g/mol. The second-order valence-electron chi connectivity index (χ2n) is 3.05. The van der Waals surface area contributed by atoms with Gasteiger partial charge in [0.05, 0.1) is 10.0 Å². The van der Waals surface area contributed by atoms with Gasteiger partial charge in [0.15, 0.2) is 0 Å². The summed E-state index contributed by atoms with van der Waals surface area (Å²) in [4.78, 5) is 0. The number of hydrogen-bond donors (Lipinski definition) is 1. The van der Waals surface area contributed by atoms with E-state index in [-0.39, 0.29) is 0 Å². The average Bonchev–Trinajstić information content (AvgIpc) is 2.23. The van der Waals surface area contributed by atoms with Gasteiger partial charge in [0.1, 0.15) is 0 Å². The fourth-order valence-corrected chi connectivity index (χ4v) is 1.82. The van der Waals surface area contributed by atoms with E-state index in [1.54, 1.807) is 0 Å². The van der Waals surface area contributed by atoms with Crippen molar-refractivity contribution in [2.24, 2.45) is 0 Å². The molecule has 72 valence electrons. The summed E-state index contributed by atoms with van der Waals surface area (Å²) >= 11 is 12.0. The smallest absolute Gasteiger partial charge is 0.0670 e. The third-order valence-electron chi connectivity index (χ3n) is 2.20. The van der Waals surface area contributed by atoms with Gasteiger partial charge in [-0.2, -0.15) is 0 Å². The molecule has 3 heteroatoms. The van der Waals surface area contributed by atoms with Crippen LogP contribution < -0.4 is 5.32 Å². The lowest BCUT2D eigenvalue weighted by atomic mass is 10.1. The molecule has 2 rings (SSSR count). The van der Waals surface area contributed by atoms with Crippen LogP contribution in [0.4, 0.5) is 5.69 Å². The molecule has 0 bridgehead atoms. The fourth-order valence-electron chi connectivity index (χ4n) is 1.42. The van der Waals surface area contributed by atoms with Gasteiger partial charge in [0.25, 0.3) is 0 Å². The molecule has 0 aromatic heterocycles. The van der Waals surface area contributed by atoms with Crippen molar-refractivity contribution in [3.05, 3.63) is 40.4 Å². The SMILES string of the molecule is CNc1ccc2c(Cl)c(Cl)ccc2c1. The highest BCUT2D eigenvalue weighted by molar-refractivity contribution is 6.45. The van der Waals surface area contributed by atoms with Gasteiger partial charge in [-0.3, -0.25) is 0 Å². The van der Waals surface area contributed by atoms with E-state index in [4.69, 9.17) is 23.2 Å². The van der Waals surface area contributed by atoms with E-state index < -0.39 is 0 Å². The molecule has 0 atom stereocenters. The minimum absolute atomic E-state index is 0.594. The first-order valence-electron chi connectivity index (χ1n) is 4.28. The Labute approximate surface area is 92.6 Å². The maximum Gasteiger partial charge on any atom is 0.0670 e. The Morgan fingerprint density at radius 2 is 1.86 bits per heavy atom. The molecule has 2 aromatic rings. The topological polar surface area (TPSA) is 12.0 Å². The lowest BCUT2D eigenvalue weighted by Crippen LogP contribution is -1.87. The maximum absolute atomic E-state index is 6.07. The van der Waals surface area contributed by atoms with E-state index in [2.05, 4.69) is 5.32 Å². The molecule has 0 aliphatic carbocycles. The third-order valence-corrected chi connectivity index (χ3v) is 3.01. The summed E-state index contributed by atoms with van der Waals surface area (Å²) in [7, 11) is 1.89. The molecule has 0 heterocycles. The van der Waals surface area contributed by atoms with Crippen molar-refractivity contribution in [1.29, 1.82) is 0 Å². The zero-order valence-electron chi connectivity index (χ0n) is 7.64. The van der Waals surface area contributed by atoms with Gasteiger partial charge in [-0.05, 0) is 23.6 Å². The quantitative estimate of drug-likeness (QED) is 0.768. The van der Waals surface area contributed by atoms with Crippen LogP contribution in [0, 0.1) is 0 Å². The standard InChI is InChI=1S/C11H9Cl2N/c1-14-8-3-4-9-7(6-8)2-5-10(12)11(9)13/h2-6,14H,1H3. The first kappa shape index (κ1) is 9.63. The van der Waals surface area contributed by atoms with Gasteiger partial charge in [0, 0.05) is 18.1 Å². The number of anilines is 1. The molecule has 0 amide bonds. The number of fused-ring (bicyclic) bond motifs is 1. The Morgan fingerprint density at radius 1 is 1.07 bits per heavy atom. The number of hydrogen-bond acceptors (Lipinski definition) is 1. The van der Waals surface area contributed by atoms with Crippen molar-refractivity contribution in [2.75, 3.05) is 12.4 Å².